The first kappa shape index (κ1) is 13.5. The van der Waals surface area contributed by atoms with Gasteiger partial charge in [-0.05, 0) is 26.5 Å². The molecule has 90 valence electrons. The Kier molecular flexibility index (Phi) is 5.31. The molecule has 0 saturated heterocycles. The van der Waals surface area contributed by atoms with Gasteiger partial charge in [-0.2, -0.15) is 0 Å². The minimum atomic E-state index is -0.333. The topological polar surface area (TPSA) is 58.0 Å². The van der Waals surface area contributed by atoms with Gasteiger partial charge in [0.15, 0.2) is 5.16 Å². The molecule has 16 heavy (non-hydrogen) atoms. The third-order valence-corrected chi connectivity index (χ3v) is 2.69. The lowest BCUT2D eigenvalue weighted by Crippen LogP contribution is -2.21. The molecule has 0 bridgehead atoms. The normalized spacial score (nSPS) is 14.6. The van der Waals surface area contributed by atoms with Crippen LogP contribution < -0.4 is 5.32 Å². The smallest absolute Gasteiger partial charge is 0.190 e. The zero-order valence-electron chi connectivity index (χ0n) is 9.57. The largest absolute Gasteiger partial charge is 0.393 e. The van der Waals surface area contributed by atoms with Crippen molar-refractivity contribution in [2.75, 3.05) is 11.6 Å². The van der Waals surface area contributed by atoms with E-state index in [1.807, 2.05) is 13.2 Å². The van der Waals surface area contributed by atoms with Crippen LogP contribution in [0.3, 0.4) is 0 Å². The number of halogens is 1. The second kappa shape index (κ2) is 6.27. The molecule has 0 radical (unpaired) electrons. The molecular weight excluding hydrogens is 246 g/mol. The maximum Gasteiger partial charge on any atom is 0.190 e. The molecule has 0 aliphatic carbocycles. The molecule has 6 heteroatoms. The van der Waals surface area contributed by atoms with Crippen LogP contribution in [0.5, 0.6) is 0 Å². The van der Waals surface area contributed by atoms with Crippen LogP contribution in [0.4, 0.5) is 5.82 Å². The Morgan fingerprint density at radius 2 is 2.19 bits per heavy atom. The van der Waals surface area contributed by atoms with E-state index in [1.54, 1.807) is 13.0 Å². The predicted octanol–water partition coefficient (Wildman–Crippen LogP) is 2.42. The monoisotopic (exact) mass is 261 g/mol. The molecule has 4 nitrogen and oxygen atoms in total. The van der Waals surface area contributed by atoms with Crippen molar-refractivity contribution in [1.82, 2.24) is 9.97 Å². The van der Waals surface area contributed by atoms with Crippen LogP contribution >= 0.6 is 23.4 Å². The van der Waals surface area contributed by atoms with E-state index in [0.29, 0.717) is 22.5 Å². The second-order valence-electron chi connectivity index (χ2n) is 3.69. The molecular formula is C10H16ClN3OS. The Bertz CT molecular complexity index is 349. The fourth-order valence-corrected chi connectivity index (χ4v) is 2.00. The summed E-state index contributed by atoms with van der Waals surface area (Å²) in [6.45, 7) is 3.75. The number of anilines is 1. The van der Waals surface area contributed by atoms with Crippen LogP contribution in [-0.4, -0.2) is 33.5 Å². The van der Waals surface area contributed by atoms with Crippen LogP contribution in [0.2, 0.25) is 5.15 Å². The van der Waals surface area contributed by atoms with Crippen molar-refractivity contribution in [2.45, 2.75) is 37.6 Å². The zero-order valence-corrected chi connectivity index (χ0v) is 11.1. The van der Waals surface area contributed by atoms with Gasteiger partial charge in [-0.1, -0.05) is 23.4 Å². The zero-order chi connectivity index (χ0) is 12.1. The lowest BCUT2D eigenvalue weighted by molar-refractivity contribution is 0.179. The van der Waals surface area contributed by atoms with Crippen LogP contribution in [0.25, 0.3) is 0 Å². The summed E-state index contributed by atoms with van der Waals surface area (Å²) in [6.07, 6.45) is 2.23. The number of nitrogens with zero attached hydrogens (tertiary/aromatic N) is 2. The van der Waals surface area contributed by atoms with E-state index in [1.165, 1.54) is 11.8 Å². The van der Waals surface area contributed by atoms with E-state index < -0.39 is 0 Å². The highest BCUT2D eigenvalue weighted by atomic mass is 35.5. The summed E-state index contributed by atoms with van der Waals surface area (Å²) in [5, 5.41) is 13.5. The second-order valence-corrected chi connectivity index (χ2v) is 4.85. The van der Waals surface area contributed by atoms with Crippen LogP contribution in [0.15, 0.2) is 11.2 Å². The van der Waals surface area contributed by atoms with E-state index in [2.05, 4.69) is 15.3 Å². The SMILES string of the molecule is CSc1nc(Cl)cc(NC(C)CC(C)O)n1. The Morgan fingerprint density at radius 3 is 2.75 bits per heavy atom. The third kappa shape index (κ3) is 4.55. The number of aromatic nitrogens is 2. The number of hydrogen-bond donors (Lipinski definition) is 2. The average molecular weight is 262 g/mol. The lowest BCUT2D eigenvalue weighted by atomic mass is 10.1. The van der Waals surface area contributed by atoms with Crippen molar-refractivity contribution in [1.29, 1.82) is 0 Å². The summed E-state index contributed by atoms with van der Waals surface area (Å²) >= 11 is 7.31. The van der Waals surface area contributed by atoms with Gasteiger partial charge in [-0.15, -0.1) is 0 Å². The van der Waals surface area contributed by atoms with Crippen molar-refractivity contribution in [3.05, 3.63) is 11.2 Å². The Labute approximate surface area is 105 Å². The average Bonchev–Trinajstić information content (AvgIpc) is 2.14. The Morgan fingerprint density at radius 1 is 1.50 bits per heavy atom. The van der Waals surface area contributed by atoms with Gasteiger partial charge in [0.05, 0.1) is 6.10 Å². The van der Waals surface area contributed by atoms with E-state index in [4.69, 9.17) is 11.6 Å². The summed E-state index contributed by atoms with van der Waals surface area (Å²) in [7, 11) is 0. The van der Waals surface area contributed by atoms with Crippen LogP contribution in [-0.2, 0) is 0 Å². The number of aliphatic hydroxyl groups is 1. The summed E-state index contributed by atoms with van der Waals surface area (Å²) < 4.78 is 0. The maximum absolute atomic E-state index is 9.25. The fourth-order valence-electron chi connectivity index (χ4n) is 1.39. The van der Waals surface area contributed by atoms with Crippen molar-refractivity contribution in [2.24, 2.45) is 0 Å². The summed E-state index contributed by atoms with van der Waals surface area (Å²) in [5.74, 6) is 0.692. The molecule has 0 aromatic carbocycles. The minimum Gasteiger partial charge on any atom is -0.393 e. The quantitative estimate of drug-likeness (QED) is 0.484. The summed E-state index contributed by atoms with van der Waals surface area (Å²) in [5.41, 5.74) is 0. The van der Waals surface area contributed by atoms with Crippen molar-refractivity contribution >= 4 is 29.2 Å². The van der Waals surface area contributed by atoms with Crippen LogP contribution in [0, 0.1) is 0 Å². The van der Waals surface area contributed by atoms with Crippen molar-refractivity contribution in [3.8, 4) is 0 Å². The molecule has 1 aromatic rings. The van der Waals surface area contributed by atoms with Gasteiger partial charge in [0.2, 0.25) is 0 Å². The number of nitrogens with one attached hydrogen (secondary N) is 1. The van der Waals surface area contributed by atoms with E-state index in [0.717, 1.165) is 0 Å². The maximum atomic E-state index is 9.25. The highest BCUT2D eigenvalue weighted by Crippen LogP contribution is 2.18. The number of hydrogen-bond acceptors (Lipinski definition) is 5. The van der Waals surface area contributed by atoms with Gasteiger partial charge < -0.3 is 10.4 Å². The molecule has 1 heterocycles. The first-order chi connectivity index (χ1) is 7.51. The molecule has 0 aliphatic rings. The van der Waals surface area contributed by atoms with Crippen molar-refractivity contribution in [3.63, 3.8) is 0 Å². The van der Waals surface area contributed by atoms with Gasteiger partial charge in [0, 0.05) is 12.1 Å². The standard InChI is InChI=1S/C10H16ClN3OS/c1-6(4-7(2)15)12-9-5-8(11)13-10(14-9)16-3/h5-7,15H,4H2,1-3H3,(H,12,13,14). The third-order valence-electron chi connectivity index (χ3n) is 1.95. The van der Waals surface area contributed by atoms with Gasteiger partial charge in [0.25, 0.3) is 0 Å². The number of rotatable bonds is 5. The number of thioether (sulfide) groups is 1. The first-order valence-electron chi connectivity index (χ1n) is 5.04. The lowest BCUT2D eigenvalue weighted by Gasteiger charge is -2.16. The molecule has 0 amide bonds. The molecule has 0 fully saturated rings. The molecule has 1 rings (SSSR count). The number of aliphatic hydroxyl groups excluding tert-OH is 1. The molecule has 2 N–H and O–H groups in total. The van der Waals surface area contributed by atoms with Gasteiger partial charge in [-0.25, -0.2) is 9.97 Å². The molecule has 0 spiro atoms. The minimum absolute atomic E-state index is 0.140. The summed E-state index contributed by atoms with van der Waals surface area (Å²) in [6, 6.07) is 1.82. The molecule has 0 saturated carbocycles. The first-order valence-corrected chi connectivity index (χ1v) is 6.64. The van der Waals surface area contributed by atoms with E-state index in [9.17, 15) is 5.11 Å². The molecule has 2 atom stereocenters. The van der Waals surface area contributed by atoms with Gasteiger partial charge in [-0.3, -0.25) is 0 Å². The van der Waals surface area contributed by atoms with Crippen molar-refractivity contribution < 1.29 is 5.11 Å². The molecule has 0 aliphatic heterocycles. The molecule has 2 unspecified atom stereocenters. The summed E-state index contributed by atoms with van der Waals surface area (Å²) in [4.78, 5) is 8.32. The predicted molar refractivity (Wildman–Crippen MR) is 68.2 cm³/mol. The fraction of sp³-hybridized carbons (Fsp3) is 0.600. The van der Waals surface area contributed by atoms with E-state index >= 15 is 0 Å². The van der Waals surface area contributed by atoms with Gasteiger partial charge >= 0.3 is 0 Å². The van der Waals surface area contributed by atoms with Gasteiger partial charge in [0.1, 0.15) is 11.0 Å². The van der Waals surface area contributed by atoms with Crippen LogP contribution in [0.1, 0.15) is 20.3 Å². The van der Waals surface area contributed by atoms with E-state index in [-0.39, 0.29) is 12.1 Å². The Hall–Kier alpha value is -0.520. The highest BCUT2D eigenvalue weighted by molar-refractivity contribution is 7.98. The molecule has 1 aromatic heterocycles. The highest BCUT2D eigenvalue weighted by Gasteiger charge is 2.08. The Balaban J connectivity index is 2.69.